The molecule has 0 spiro atoms. The van der Waals surface area contributed by atoms with Gasteiger partial charge in [0.1, 0.15) is 6.10 Å². The summed E-state index contributed by atoms with van der Waals surface area (Å²) in [5.41, 5.74) is 1.78. The Hall–Kier alpha value is -2.96. The van der Waals surface area contributed by atoms with Crippen LogP contribution in [-0.4, -0.2) is 53.3 Å². The summed E-state index contributed by atoms with van der Waals surface area (Å²) in [7, 11) is 1.33. The Morgan fingerprint density at radius 1 is 1.08 bits per heavy atom. The lowest BCUT2D eigenvalue weighted by atomic mass is 10.1. The SMILES string of the molecule is COC(=O)c1ccc(C(=O)N2CCCC(Oc3ccc(C)nn3)C2)cc1. The maximum atomic E-state index is 12.7. The van der Waals surface area contributed by atoms with Crippen molar-refractivity contribution >= 4 is 11.9 Å². The number of nitrogens with zero attached hydrogens (tertiary/aromatic N) is 3. The molecule has 1 atom stereocenters. The molecule has 0 saturated carbocycles. The van der Waals surface area contributed by atoms with Crippen LogP contribution in [0.2, 0.25) is 0 Å². The van der Waals surface area contributed by atoms with Crippen molar-refractivity contribution in [2.24, 2.45) is 0 Å². The summed E-state index contributed by atoms with van der Waals surface area (Å²) in [5.74, 6) is -0.0309. The van der Waals surface area contributed by atoms with Gasteiger partial charge in [-0.25, -0.2) is 4.79 Å². The average Bonchev–Trinajstić information content (AvgIpc) is 2.69. The van der Waals surface area contributed by atoms with Crippen LogP contribution in [0.15, 0.2) is 36.4 Å². The molecule has 1 unspecified atom stereocenters. The first kappa shape index (κ1) is 17.8. The van der Waals surface area contributed by atoms with E-state index in [1.54, 1.807) is 35.2 Å². The van der Waals surface area contributed by atoms with Gasteiger partial charge >= 0.3 is 5.97 Å². The summed E-state index contributed by atoms with van der Waals surface area (Å²) in [6.07, 6.45) is 1.61. The van der Waals surface area contributed by atoms with Crippen molar-refractivity contribution in [1.29, 1.82) is 0 Å². The maximum Gasteiger partial charge on any atom is 0.337 e. The van der Waals surface area contributed by atoms with Gasteiger partial charge < -0.3 is 14.4 Å². The molecule has 7 nitrogen and oxygen atoms in total. The first-order chi connectivity index (χ1) is 12.6. The summed E-state index contributed by atoms with van der Waals surface area (Å²) < 4.78 is 10.5. The van der Waals surface area contributed by atoms with Crippen LogP contribution in [0.5, 0.6) is 5.88 Å². The number of hydrogen-bond donors (Lipinski definition) is 0. The van der Waals surface area contributed by atoms with Crippen LogP contribution in [-0.2, 0) is 4.74 Å². The zero-order valence-corrected chi connectivity index (χ0v) is 14.8. The van der Waals surface area contributed by atoms with E-state index < -0.39 is 5.97 Å². The molecular formula is C19H21N3O4. The number of piperidine rings is 1. The fraction of sp³-hybridized carbons (Fsp3) is 0.368. The van der Waals surface area contributed by atoms with Crippen molar-refractivity contribution in [3.8, 4) is 5.88 Å². The van der Waals surface area contributed by atoms with Gasteiger partial charge in [-0.05, 0) is 50.1 Å². The Morgan fingerprint density at radius 2 is 1.81 bits per heavy atom. The molecule has 3 rings (SSSR count). The lowest BCUT2D eigenvalue weighted by molar-refractivity contribution is 0.0524. The first-order valence-electron chi connectivity index (χ1n) is 8.51. The molecule has 1 amide bonds. The topological polar surface area (TPSA) is 81.6 Å². The number of benzene rings is 1. The molecular weight excluding hydrogens is 334 g/mol. The summed E-state index contributed by atoms with van der Waals surface area (Å²) in [5, 5.41) is 8.00. The normalized spacial score (nSPS) is 16.8. The van der Waals surface area contributed by atoms with Gasteiger partial charge in [0.05, 0.1) is 24.9 Å². The molecule has 0 aliphatic carbocycles. The van der Waals surface area contributed by atoms with E-state index >= 15 is 0 Å². The van der Waals surface area contributed by atoms with Crippen molar-refractivity contribution in [1.82, 2.24) is 15.1 Å². The zero-order valence-electron chi connectivity index (χ0n) is 14.8. The predicted octanol–water partition coefficient (Wildman–Crippen LogP) is 2.26. The number of carbonyl (C=O) groups excluding carboxylic acids is 2. The minimum atomic E-state index is -0.422. The lowest BCUT2D eigenvalue weighted by Crippen LogP contribution is -2.44. The number of ether oxygens (including phenoxy) is 2. The van der Waals surface area contributed by atoms with Crippen molar-refractivity contribution in [2.75, 3.05) is 20.2 Å². The minimum absolute atomic E-state index is 0.0790. The molecule has 2 aromatic rings. The fourth-order valence-corrected chi connectivity index (χ4v) is 2.89. The molecule has 1 aromatic heterocycles. The van der Waals surface area contributed by atoms with Crippen LogP contribution in [0.1, 0.15) is 39.3 Å². The number of likely N-dealkylation sites (tertiary alicyclic amines) is 1. The van der Waals surface area contributed by atoms with E-state index in [1.807, 2.05) is 13.0 Å². The molecule has 1 aliphatic heterocycles. The molecule has 0 bridgehead atoms. The largest absolute Gasteiger partial charge is 0.471 e. The number of esters is 1. The van der Waals surface area contributed by atoms with Crippen LogP contribution in [0.3, 0.4) is 0 Å². The summed E-state index contributed by atoms with van der Waals surface area (Å²) in [6.45, 7) is 3.04. The second-order valence-electron chi connectivity index (χ2n) is 6.22. The van der Waals surface area contributed by atoms with Gasteiger partial charge in [0.25, 0.3) is 5.91 Å². The second kappa shape index (κ2) is 7.95. The van der Waals surface area contributed by atoms with Gasteiger partial charge in [0, 0.05) is 18.2 Å². The molecule has 1 fully saturated rings. The highest BCUT2D eigenvalue weighted by atomic mass is 16.5. The first-order valence-corrected chi connectivity index (χ1v) is 8.51. The van der Waals surface area contributed by atoms with Crippen molar-refractivity contribution in [2.45, 2.75) is 25.9 Å². The third kappa shape index (κ3) is 4.17. The quantitative estimate of drug-likeness (QED) is 0.783. The summed E-state index contributed by atoms with van der Waals surface area (Å²) >= 11 is 0. The molecule has 1 aliphatic rings. The summed E-state index contributed by atoms with van der Waals surface area (Å²) in [6, 6.07) is 10.1. The smallest absolute Gasteiger partial charge is 0.337 e. The molecule has 136 valence electrons. The van der Waals surface area contributed by atoms with Gasteiger partial charge in [-0.3, -0.25) is 4.79 Å². The number of aromatic nitrogens is 2. The third-order valence-corrected chi connectivity index (χ3v) is 4.28. The zero-order chi connectivity index (χ0) is 18.5. The van der Waals surface area contributed by atoms with E-state index in [2.05, 4.69) is 14.9 Å². The standard InChI is InChI=1S/C19H21N3O4/c1-13-5-10-17(21-20-13)26-16-4-3-11-22(12-16)18(23)14-6-8-15(9-7-14)19(24)25-2/h5-10,16H,3-4,11-12H2,1-2H3. The number of amides is 1. The maximum absolute atomic E-state index is 12.7. The van der Waals surface area contributed by atoms with Gasteiger partial charge in [-0.2, -0.15) is 5.10 Å². The van der Waals surface area contributed by atoms with Crippen molar-refractivity contribution in [3.05, 3.63) is 53.2 Å². The Bertz CT molecular complexity index is 774. The molecule has 0 radical (unpaired) electrons. The van der Waals surface area contributed by atoms with Crippen LogP contribution in [0, 0.1) is 6.92 Å². The van der Waals surface area contributed by atoms with Gasteiger partial charge in [-0.1, -0.05) is 0 Å². The van der Waals surface area contributed by atoms with E-state index in [-0.39, 0.29) is 12.0 Å². The Morgan fingerprint density at radius 3 is 2.46 bits per heavy atom. The Balaban J connectivity index is 1.64. The fourth-order valence-electron chi connectivity index (χ4n) is 2.89. The predicted molar refractivity (Wildman–Crippen MR) is 94.1 cm³/mol. The third-order valence-electron chi connectivity index (χ3n) is 4.28. The van der Waals surface area contributed by atoms with Crippen molar-refractivity contribution < 1.29 is 19.1 Å². The number of rotatable bonds is 4. The molecule has 26 heavy (non-hydrogen) atoms. The molecule has 1 aromatic carbocycles. The van der Waals surface area contributed by atoms with Crippen LogP contribution in [0.4, 0.5) is 0 Å². The molecule has 2 heterocycles. The molecule has 0 N–H and O–H groups in total. The van der Waals surface area contributed by atoms with Gasteiger partial charge in [0.15, 0.2) is 0 Å². The van der Waals surface area contributed by atoms with E-state index in [4.69, 9.17) is 4.74 Å². The summed E-state index contributed by atoms with van der Waals surface area (Å²) in [4.78, 5) is 26.0. The number of aryl methyl sites for hydroxylation is 1. The van der Waals surface area contributed by atoms with E-state index in [0.29, 0.717) is 30.1 Å². The van der Waals surface area contributed by atoms with Crippen molar-refractivity contribution in [3.63, 3.8) is 0 Å². The Kier molecular flexibility index (Phi) is 5.46. The minimum Gasteiger partial charge on any atom is -0.471 e. The van der Waals surface area contributed by atoms with E-state index in [0.717, 1.165) is 18.5 Å². The van der Waals surface area contributed by atoms with E-state index in [1.165, 1.54) is 7.11 Å². The number of methoxy groups -OCH3 is 1. The second-order valence-corrected chi connectivity index (χ2v) is 6.22. The van der Waals surface area contributed by atoms with E-state index in [9.17, 15) is 9.59 Å². The van der Waals surface area contributed by atoms with Crippen LogP contribution >= 0.6 is 0 Å². The Labute approximate surface area is 151 Å². The number of hydrogen-bond acceptors (Lipinski definition) is 6. The highest BCUT2D eigenvalue weighted by Crippen LogP contribution is 2.18. The van der Waals surface area contributed by atoms with Gasteiger partial charge in [0.2, 0.25) is 5.88 Å². The van der Waals surface area contributed by atoms with Crippen LogP contribution < -0.4 is 4.74 Å². The monoisotopic (exact) mass is 355 g/mol. The lowest BCUT2D eigenvalue weighted by Gasteiger charge is -2.32. The average molecular weight is 355 g/mol. The highest BCUT2D eigenvalue weighted by molar-refractivity contribution is 5.96. The van der Waals surface area contributed by atoms with Gasteiger partial charge in [-0.15, -0.1) is 5.10 Å². The molecule has 1 saturated heterocycles. The molecule has 7 heteroatoms. The van der Waals surface area contributed by atoms with Crippen LogP contribution in [0.25, 0.3) is 0 Å². The number of carbonyl (C=O) groups is 2. The highest BCUT2D eigenvalue weighted by Gasteiger charge is 2.26.